The molecule has 1 aliphatic rings. The standard InChI is InChI=1S/C17H32N2O4/c1-16(2,3)22-14(20)11-18-13-9-7-8-12(13)10-19-15(21)23-17(4,5)6/h12-13,18H,7-11H2,1-6H3,(H,19,21). The van der Waals surface area contributed by atoms with Gasteiger partial charge in [0, 0.05) is 12.6 Å². The van der Waals surface area contributed by atoms with Gasteiger partial charge in [0.2, 0.25) is 0 Å². The molecule has 1 rings (SSSR count). The van der Waals surface area contributed by atoms with Gasteiger partial charge in [0.1, 0.15) is 11.2 Å². The lowest BCUT2D eigenvalue weighted by Gasteiger charge is -2.24. The van der Waals surface area contributed by atoms with Gasteiger partial charge in [-0.05, 0) is 60.3 Å². The van der Waals surface area contributed by atoms with E-state index < -0.39 is 17.3 Å². The molecule has 6 heteroatoms. The van der Waals surface area contributed by atoms with E-state index in [9.17, 15) is 9.59 Å². The summed E-state index contributed by atoms with van der Waals surface area (Å²) in [4.78, 5) is 23.5. The van der Waals surface area contributed by atoms with Gasteiger partial charge in [0.25, 0.3) is 0 Å². The van der Waals surface area contributed by atoms with Crippen molar-refractivity contribution in [3.05, 3.63) is 0 Å². The van der Waals surface area contributed by atoms with E-state index in [2.05, 4.69) is 10.6 Å². The molecule has 0 bridgehead atoms. The van der Waals surface area contributed by atoms with Crippen molar-refractivity contribution in [3.8, 4) is 0 Å². The van der Waals surface area contributed by atoms with E-state index >= 15 is 0 Å². The van der Waals surface area contributed by atoms with Crippen molar-refractivity contribution in [2.45, 2.75) is 78.0 Å². The molecule has 0 aromatic rings. The normalized spacial score (nSPS) is 21.8. The quantitative estimate of drug-likeness (QED) is 0.759. The Balaban J connectivity index is 2.34. The van der Waals surface area contributed by atoms with Crippen molar-refractivity contribution >= 4 is 12.1 Å². The van der Waals surface area contributed by atoms with Crippen LogP contribution in [0.2, 0.25) is 0 Å². The fraction of sp³-hybridized carbons (Fsp3) is 0.882. The van der Waals surface area contributed by atoms with Gasteiger partial charge >= 0.3 is 12.1 Å². The molecule has 1 aliphatic carbocycles. The number of nitrogens with one attached hydrogen (secondary N) is 2. The molecular formula is C17H32N2O4. The second kappa shape index (κ2) is 7.99. The van der Waals surface area contributed by atoms with Gasteiger partial charge < -0.3 is 20.1 Å². The largest absolute Gasteiger partial charge is 0.459 e. The van der Waals surface area contributed by atoms with Gasteiger partial charge in [-0.3, -0.25) is 4.79 Å². The Labute approximate surface area is 139 Å². The molecule has 0 saturated heterocycles. The lowest BCUT2D eigenvalue weighted by Crippen LogP contribution is -2.43. The maximum Gasteiger partial charge on any atom is 0.407 e. The van der Waals surface area contributed by atoms with Crippen LogP contribution in [0.5, 0.6) is 0 Å². The number of hydrogen-bond donors (Lipinski definition) is 2. The first-order valence-electron chi connectivity index (χ1n) is 8.38. The first-order chi connectivity index (χ1) is 10.5. The van der Waals surface area contributed by atoms with E-state index in [-0.39, 0.29) is 18.6 Å². The lowest BCUT2D eigenvalue weighted by molar-refractivity contribution is -0.153. The molecule has 1 fully saturated rings. The average Bonchev–Trinajstić information content (AvgIpc) is 2.77. The fourth-order valence-corrected chi connectivity index (χ4v) is 2.67. The summed E-state index contributed by atoms with van der Waals surface area (Å²) in [6.45, 7) is 11.8. The van der Waals surface area contributed by atoms with Gasteiger partial charge in [-0.1, -0.05) is 6.42 Å². The number of carbonyl (C=O) groups excluding carboxylic acids is 2. The van der Waals surface area contributed by atoms with Crippen molar-refractivity contribution in [2.75, 3.05) is 13.1 Å². The number of rotatable bonds is 5. The van der Waals surface area contributed by atoms with Crippen molar-refractivity contribution in [3.63, 3.8) is 0 Å². The molecule has 0 aromatic carbocycles. The summed E-state index contributed by atoms with van der Waals surface area (Å²) in [5.41, 5.74) is -0.958. The zero-order chi connectivity index (χ0) is 17.7. The highest BCUT2D eigenvalue weighted by atomic mass is 16.6. The van der Waals surface area contributed by atoms with Crippen LogP contribution in [-0.4, -0.2) is 42.4 Å². The van der Waals surface area contributed by atoms with Gasteiger partial charge in [-0.25, -0.2) is 4.79 Å². The molecule has 0 heterocycles. The Morgan fingerprint density at radius 2 is 1.61 bits per heavy atom. The van der Waals surface area contributed by atoms with Crippen LogP contribution in [0.15, 0.2) is 0 Å². The molecule has 2 unspecified atom stereocenters. The van der Waals surface area contributed by atoms with Crippen LogP contribution in [0.1, 0.15) is 60.8 Å². The highest BCUT2D eigenvalue weighted by Gasteiger charge is 2.29. The number of ether oxygens (including phenoxy) is 2. The number of amides is 1. The molecule has 23 heavy (non-hydrogen) atoms. The predicted octanol–water partition coefficient (Wildman–Crippen LogP) is 2.61. The lowest BCUT2D eigenvalue weighted by atomic mass is 10.0. The molecule has 0 aromatic heterocycles. The van der Waals surface area contributed by atoms with Crippen LogP contribution in [-0.2, 0) is 14.3 Å². The van der Waals surface area contributed by atoms with Gasteiger partial charge in [-0.15, -0.1) is 0 Å². The van der Waals surface area contributed by atoms with Gasteiger partial charge in [0.15, 0.2) is 0 Å². The van der Waals surface area contributed by atoms with E-state index in [1.165, 1.54) is 0 Å². The minimum Gasteiger partial charge on any atom is -0.459 e. The van der Waals surface area contributed by atoms with Gasteiger partial charge in [0.05, 0.1) is 6.54 Å². The molecule has 0 aliphatic heterocycles. The Morgan fingerprint density at radius 3 is 2.17 bits per heavy atom. The maximum absolute atomic E-state index is 11.8. The second-order valence-corrected chi connectivity index (χ2v) is 8.15. The van der Waals surface area contributed by atoms with Crippen molar-refractivity contribution in [2.24, 2.45) is 5.92 Å². The monoisotopic (exact) mass is 328 g/mol. The summed E-state index contributed by atoms with van der Waals surface area (Å²) >= 11 is 0. The Hall–Kier alpha value is -1.30. The fourth-order valence-electron chi connectivity index (χ4n) is 2.67. The second-order valence-electron chi connectivity index (χ2n) is 8.15. The molecular weight excluding hydrogens is 296 g/mol. The summed E-state index contributed by atoms with van der Waals surface area (Å²) in [6.07, 6.45) is 2.73. The van der Waals surface area contributed by atoms with Crippen molar-refractivity contribution < 1.29 is 19.1 Å². The number of hydrogen-bond acceptors (Lipinski definition) is 5. The number of alkyl carbamates (subject to hydrolysis) is 1. The van der Waals surface area contributed by atoms with Crippen LogP contribution >= 0.6 is 0 Å². The molecule has 1 amide bonds. The molecule has 2 N–H and O–H groups in total. The third-order valence-electron chi connectivity index (χ3n) is 3.50. The van der Waals surface area contributed by atoms with Crippen LogP contribution in [0.3, 0.4) is 0 Å². The number of esters is 1. The molecule has 0 spiro atoms. The Kier molecular flexibility index (Phi) is 6.86. The first kappa shape index (κ1) is 19.7. The first-order valence-corrected chi connectivity index (χ1v) is 8.38. The smallest absolute Gasteiger partial charge is 0.407 e. The summed E-state index contributed by atoms with van der Waals surface area (Å²) in [5.74, 6) is 0.0632. The predicted molar refractivity (Wildman–Crippen MR) is 89.2 cm³/mol. The molecule has 6 nitrogen and oxygen atoms in total. The van der Waals surface area contributed by atoms with Gasteiger partial charge in [-0.2, -0.15) is 0 Å². The minimum absolute atomic E-state index is 0.199. The van der Waals surface area contributed by atoms with E-state index in [0.29, 0.717) is 12.5 Å². The average molecular weight is 328 g/mol. The van der Waals surface area contributed by atoms with Crippen molar-refractivity contribution in [1.82, 2.24) is 10.6 Å². The van der Waals surface area contributed by atoms with Crippen LogP contribution in [0.25, 0.3) is 0 Å². The maximum atomic E-state index is 11.8. The Morgan fingerprint density at radius 1 is 1.00 bits per heavy atom. The van der Waals surface area contributed by atoms with Crippen LogP contribution < -0.4 is 10.6 Å². The Bertz CT molecular complexity index is 372. The zero-order valence-electron chi connectivity index (χ0n) is 15.3. The summed E-state index contributed by atoms with van der Waals surface area (Å²) in [5, 5.41) is 6.08. The number of carbonyl (C=O) groups is 2. The third kappa shape index (κ3) is 8.79. The topological polar surface area (TPSA) is 76.7 Å². The zero-order valence-corrected chi connectivity index (χ0v) is 15.3. The van der Waals surface area contributed by atoms with Crippen molar-refractivity contribution in [1.29, 1.82) is 0 Å². The minimum atomic E-state index is -0.492. The molecule has 2 atom stereocenters. The molecule has 1 saturated carbocycles. The highest BCUT2D eigenvalue weighted by Crippen LogP contribution is 2.25. The highest BCUT2D eigenvalue weighted by molar-refractivity contribution is 5.72. The molecule has 134 valence electrons. The van der Waals surface area contributed by atoms with Crippen LogP contribution in [0, 0.1) is 5.92 Å². The SMILES string of the molecule is CC(C)(C)OC(=O)CNC1CCCC1CNC(=O)OC(C)(C)C. The van der Waals surface area contributed by atoms with Crippen LogP contribution in [0.4, 0.5) is 4.79 Å². The third-order valence-corrected chi connectivity index (χ3v) is 3.50. The van der Waals surface area contributed by atoms with E-state index in [4.69, 9.17) is 9.47 Å². The van der Waals surface area contributed by atoms with E-state index in [1.807, 2.05) is 41.5 Å². The summed E-state index contributed by atoms with van der Waals surface area (Å²) in [7, 11) is 0. The van der Waals surface area contributed by atoms with E-state index in [1.54, 1.807) is 0 Å². The summed E-state index contributed by atoms with van der Waals surface area (Å²) < 4.78 is 10.5. The van der Waals surface area contributed by atoms with E-state index in [0.717, 1.165) is 19.3 Å². The summed E-state index contributed by atoms with van der Waals surface area (Å²) in [6, 6.07) is 0.220. The molecule has 0 radical (unpaired) electrons.